The molecule has 0 spiro atoms. The molecule has 1 atom stereocenters. The molecule has 3 N–H and O–H groups in total. The Bertz CT molecular complexity index is 749. The van der Waals surface area contributed by atoms with Gasteiger partial charge in [0.05, 0.1) is 0 Å². The number of allylic oxidation sites excluding steroid dienone is 1. The Balaban J connectivity index is 2.25. The SMILES string of the molecule is C/C=C/CC(NC(=O)c1cc2c(C)cc(F)cc2[nH]1)C(=O)O. The molecule has 0 saturated heterocycles. The number of aromatic amines is 1. The van der Waals surface area contributed by atoms with Crippen molar-refractivity contribution in [1.82, 2.24) is 10.3 Å². The minimum atomic E-state index is -1.11. The van der Waals surface area contributed by atoms with Gasteiger partial charge in [0.15, 0.2) is 0 Å². The van der Waals surface area contributed by atoms with Gasteiger partial charge in [-0.2, -0.15) is 0 Å². The fourth-order valence-corrected chi connectivity index (χ4v) is 2.23. The van der Waals surface area contributed by atoms with Crippen LogP contribution in [0.25, 0.3) is 10.9 Å². The van der Waals surface area contributed by atoms with E-state index in [0.717, 1.165) is 5.39 Å². The fourth-order valence-electron chi connectivity index (χ4n) is 2.23. The highest BCUT2D eigenvalue weighted by Gasteiger charge is 2.20. The first-order valence-corrected chi connectivity index (χ1v) is 6.86. The van der Waals surface area contributed by atoms with E-state index in [1.165, 1.54) is 12.1 Å². The zero-order valence-electron chi connectivity index (χ0n) is 12.3. The Hall–Kier alpha value is -2.63. The fraction of sp³-hybridized carbons (Fsp3) is 0.250. The van der Waals surface area contributed by atoms with Crippen molar-refractivity contribution in [2.45, 2.75) is 26.3 Å². The van der Waals surface area contributed by atoms with Crippen LogP contribution in [0.2, 0.25) is 0 Å². The predicted molar refractivity (Wildman–Crippen MR) is 81.3 cm³/mol. The van der Waals surface area contributed by atoms with Crippen LogP contribution in [-0.2, 0) is 4.79 Å². The highest BCUT2D eigenvalue weighted by Crippen LogP contribution is 2.21. The van der Waals surface area contributed by atoms with E-state index in [0.29, 0.717) is 11.1 Å². The number of fused-ring (bicyclic) bond motifs is 1. The van der Waals surface area contributed by atoms with Crippen molar-refractivity contribution >= 4 is 22.8 Å². The van der Waals surface area contributed by atoms with Crippen molar-refractivity contribution < 1.29 is 19.1 Å². The lowest BCUT2D eigenvalue weighted by Crippen LogP contribution is -2.40. The molecule has 1 aromatic carbocycles. The van der Waals surface area contributed by atoms with E-state index in [-0.39, 0.29) is 12.1 Å². The summed E-state index contributed by atoms with van der Waals surface area (Å²) in [6.45, 7) is 3.52. The van der Waals surface area contributed by atoms with Crippen molar-refractivity contribution in [1.29, 1.82) is 0 Å². The van der Waals surface area contributed by atoms with Gasteiger partial charge in [0.25, 0.3) is 5.91 Å². The maximum atomic E-state index is 13.4. The van der Waals surface area contributed by atoms with Gasteiger partial charge in [0, 0.05) is 10.9 Å². The number of hydrogen-bond donors (Lipinski definition) is 3. The molecule has 1 aromatic heterocycles. The van der Waals surface area contributed by atoms with Crippen molar-refractivity contribution in [2.24, 2.45) is 0 Å². The largest absolute Gasteiger partial charge is 0.480 e. The van der Waals surface area contributed by atoms with Gasteiger partial charge in [0.1, 0.15) is 17.6 Å². The van der Waals surface area contributed by atoms with E-state index >= 15 is 0 Å². The number of carboxylic acids is 1. The van der Waals surface area contributed by atoms with E-state index in [4.69, 9.17) is 5.11 Å². The summed E-state index contributed by atoms with van der Waals surface area (Å²) in [6, 6.07) is 3.26. The predicted octanol–water partition coefficient (Wildman–Crippen LogP) is 2.76. The van der Waals surface area contributed by atoms with Crippen LogP contribution in [0, 0.1) is 12.7 Å². The number of hydrogen-bond acceptors (Lipinski definition) is 2. The second-order valence-electron chi connectivity index (χ2n) is 5.04. The monoisotopic (exact) mass is 304 g/mol. The number of aliphatic carboxylic acids is 1. The molecule has 1 heterocycles. The molecule has 22 heavy (non-hydrogen) atoms. The molecule has 5 nitrogen and oxygen atoms in total. The third-order valence-corrected chi connectivity index (χ3v) is 3.37. The molecule has 0 fully saturated rings. The molecular weight excluding hydrogens is 287 g/mol. The number of amides is 1. The third kappa shape index (κ3) is 3.33. The number of halogens is 1. The average Bonchev–Trinajstić information content (AvgIpc) is 2.87. The van der Waals surface area contributed by atoms with E-state index in [1.54, 1.807) is 32.1 Å². The Morgan fingerprint density at radius 1 is 1.41 bits per heavy atom. The standard InChI is InChI=1S/C16H17FN2O3/c1-3-4-5-12(16(21)22)19-15(20)14-8-11-9(2)6-10(17)7-13(11)18-14/h3-4,6-8,12,18H,5H2,1-2H3,(H,19,20)(H,21,22)/b4-3+. The van der Waals surface area contributed by atoms with Gasteiger partial charge in [0.2, 0.25) is 0 Å². The lowest BCUT2D eigenvalue weighted by atomic mass is 10.1. The molecule has 0 aliphatic rings. The van der Waals surface area contributed by atoms with E-state index < -0.39 is 23.7 Å². The Morgan fingerprint density at radius 2 is 2.14 bits per heavy atom. The lowest BCUT2D eigenvalue weighted by Gasteiger charge is -2.11. The summed E-state index contributed by atoms with van der Waals surface area (Å²) in [6.07, 6.45) is 3.59. The van der Waals surface area contributed by atoms with Crippen LogP contribution in [0.3, 0.4) is 0 Å². The van der Waals surface area contributed by atoms with E-state index in [9.17, 15) is 14.0 Å². The molecule has 6 heteroatoms. The third-order valence-electron chi connectivity index (χ3n) is 3.37. The van der Waals surface area contributed by atoms with Crippen LogP contribution in [0.5, 0.6) is 0 Å². The number of carbonyl (C=O) groups excluding carboxylic acids is 1. The second kappa shape index (κ2) is 6.43. The molecule has 1 unspecified atom stereocenters. The number of aromatic nitrogens is 1. The highest BCUT2D eigenvalue weighted by atomic mass is 19.1. The zero-order valence-corrected chi connectivity index (χ0v) is 12.3. The molecular formula is C16H17FN2O3. The summed E-state index contributed by atoms with van der Waals surface area (Å²) in [4.78, 5) is 26.1. The smallest absolute Gasteiger partial charge is 0.326 e. The van der Waals surface area contributed by atoms with Crippen molar-refractivity contribution in [2.75, 3.05) is 0 Å². The number of aryl methyl sites for hydroxylation is 1. The van der Waals surface area contributed by atoms with Crippen molar-refractivity contribution in [3.05, 3.63) is 47.4 Å². The molecule has 0 radical (unpaired) electrons. The molecule has 0 aliphatic carbocycles. The maximum Gasteiger partial charge on any atom is 0.326 e. The van der Waals surface area contributed by atoms with Crippen LogP contribution in [-0.4, -0.2) is 28.0 Å². The number of benzene rings is 1. The molecule has 116 valence electrons. The minimum absolute atomic E-state index is 0.200. The summed E-state index contributed by atoms with van der Waals surface area (Å²) in [5, 5.41) is 12.3. The van der Waals surface area contributed by atoms with Gasteiger partial charge in [-0.25, -0.2) is 9.18 Å². The van der Waals surface area contributed by atoms with Gasteiger partial charge >= 0.3 is 5.97 Å². The van der Waals surface area contributed by atoms with Gasteiger partial charge in [-0.1, -0.05) is 12.2 Å². The Morgan fingerprint density at radius 3 is 2.77 bits per heavy atom. The normalized spacial score (nSPS) is 12.7. The molecule has 0 bridgehead atoms. The number of H-pyrrole nitrogens is 1. The molecule has 1 amide bonds. The number of nitrogens with one attached hydrogen (secondary N) is 2. The first-order valence-electron chi connectivity index (χ1n) is 6.86. The van der Waals surface area contributed by atoms with Crippen LogP contribution in [0.4, 0.5) is 4.39 Å². The summed E-state index contributed by atoms with van der Waals surface area (Å²) in [5.74, 6) is -2.03. The number of carboxylic acid groups (broad SMARTS) is 1. The summed E-state index contributed by atoms with van der Waals surface area (Å²) in [5.41, 5.74) is 1.41. The van der Waals surface area contributed by atoms with Crippen LogP contribution < -0.4 is 5.32 Å². The number of carbonyl (C=O) groups is 2. The van der Waals surface area contributed by atoms with Gasteiger partial charge in [-0.3, -0.25) is 4.79 Å². The topological polar surface area (TPSA) is 82.2 Å². The molecule has 0 aliphatic heterocycles. The quantitative estimate of drug-likeness (QED) is 0.743. The van der Waals surface area contributed by atoms with Crippen molar-refractivity contribution in [3.8, 4) is 0 Å². The van der Waals surface area contributed by atoms with E-state index in [1.807, 2.05) is 0 Å². The first kappa shape index (κ1) is 15.8. The average molecular weight is 304 g/mol. The lowest BCUT2D eigenvalue weighted by molar-refractivity contribution is -0.139. The molecule has 2 rings (SSSR count). The van der Waals surface area contributed by atoms with Crippen LogP contribution in [0.1, 0.15) is 29.4 Å². The minimum Gasteiger partial charge on any atom is -0.480 e. The zero-order chi connectivity index (χ0) is 16.3. The first-order chi connectivity index (χ1) is 10.4. The highest BCUT2D eigenvalue weighted by molar-refractivity contribution is 6.00. The van der Waals surface area contributed by atoms with Crippen LogP contribution in [0.15, 0.2) is 30.4 Å². The van der Waals surface area contributed by atoms with Gasteiger partial charge in [-0.05, 0) is 44.0 Å². The number of rotatable bonds is 5. The second-order valence-corrected chi connectivity index (χ2v) is 5.04. The summed E-state index contributed by atoms with van der Waals surface area (Å²) >= 11 is 0. The molecule has 0 saturated carbocycles. The summed E-state index contributed by atoms with van der Waals surface area (Å²) in [7, 11) is 0. The van der Waals surface area contributed by atoms with Gasteiger partial charge in [-0.15, -0.1) is 0 Å². The maximum absolute atomic E-state index is 13.4. The van der Waals surface area contributed by atoms with Crippen molar-refractivity contribution in [3.63, 3.8) is 0 Å². The molecule has 2 aromatic rings. The van der Waals surface area contributed by atoms with Gasteiger partial charge < -0.3 is 15.4 Å². The Labute approximate surface area is 126 Å². The van der Waals surface area contributed by atoms with E-state index in [2.05, 4.69) is 10.3 Å². The Kier molecular flexibility index (Phi) is 4.60. The summed E-state index contributed by atoms with van der Waals surface area (Å²) < 4.78 is 13.4. The van der Waals surface area contributed by atoms with Crippen LogP contribution >= 0.6 is 0 Å².